The van der Waals surface area contributed by atoms with Gasteiger partial charge in [-0.15, -0.1) is 0 Å². The van der Waals surface area contributed by atoms with Gasteiger partial charge in [-0.2, -0.15) is 11.8 Å². The number of thioether (sulfide) groups is 1. The van der Waals surface area contributed by atoms with E-state index in [2.05, 4.69) is 38.1 Å². The number of hydrogen-bond acceptors (Lipinski definition) is 2. The molecular weight excluding hydrogens is 226 g/mol. The van der Waals surface area contributed by atoms with Crippen LogP contribution >= 0.6 is 11.8 Å². The smallest absolute Gasteiger partial charge is 0.0386 e. The van der Waals surface area contributed by atoms with Crippen molar-refractivity contribution in [2.75, 3.05) is 11.5 Å². The van der Waals surface area contributed by atoms with Gasteiger partial charge >= 0.3 is 0 Å². The van der Waals surface area contributed by atoms with Crippen LogP contribution in [0.3, 0.4) is 0 Å². The van der Waals surface area contributed by atoms with Gasteiger partial charge in [-0.1, -0.05) is 51.0 Å². The highest BCUT2D eigenvalue weighted by molar-refractivity contribution is 7.99. The summed E-state index contributed by atoms with van der Waals surface area (Å²) in [4.78, 5) is 0. The van der Waals surface area contributed by atoms with E-state index in [0.29, 0.717) is 0 Å². The Bertz CT molecular complexity index is 294. The monoisotopic (exact) mass is 251 g/mol. The maximum absolute atomic E-state index is 6.18. The van der Waals surface area contributed by atoms with Gasteiger partial charge in [0.15, 0.2) is 0 Å². The summed E-state index contributed by atoms with van der Waals surface area (Å²) in [7, 11) is 0. The SMILES string of the molecule is CCCCCSCC(N)c1ccc(CC)cc1. The molecule has 0 aliphatic heterocycles. The first-order valence-electron chi connectivity index (χ1n) is 6.70. The van der Waals surface area contributed by atoms with E-state index in [1.54, 1.807) is 0 Å². The van der Waals surface area contributed by atoms with Crippen molar-refractivity contribution in [1.82, 2.24) is 0 Å². The minimum Gasteiger partial charge on any atom is -0.323 e. The highest BCUT2D eigenvalue weighted by atomic mass is 32.2. The molecule has 17 heavy (non-hydrogen) atoms. The molecule has 0 amide bonds. The van der Waals surface area contributed by atoms with Crippen LogP contribution in [-0.4, -0.2) is 11.5 Å². The van der Waals surface area contributed by atoms with Gasteiger partial charge in [0, 0.05) is 11.8 Å². The van der Waals surface area contributed by atoms with Crippen LogP contribution in [0.1, 0.15) is 50.3 Å². The first-order valence-corrected chi connectivity index (χ1v) is 7.85. The molecule has 0 aliphatic carbocycles. The fourth-order valence-corrected chi connectivity index (χ4v) is 2.78. The van der Waals surface area contributed by atoms with Crippen molar-refractivity contribution >= 4 is 11.8 Å². The molecule has 1 nitrogen and oxygen atoms in total. The molecular formula is C15H25NS. The Morgan fingerprint density at radius 3 is 2.41 bits per heavy atom. The quantitative estimate of drug-likeness (QED) is 0.702. The van der Waals surface area contributed by atoms with Crippen LogP contribution in [0.4, 0.5) is 0 Å². The van der Waals surface area contributed by atoms with E-state index in [9.17, 15) is 0 Å². The third kappa shape index (κ3) is 5.60. The standard InChI is InChI=1S/C15H25NS/c1-3-5-6-11-17-12-15(16)14-9-7-13(4-2)8-10-14/h7-10,15H,3-6,11-12,16H2,1-2H3. The zero-order valence-corrected chi connectivity index (χ0v) is 11.9. The van der Waals surface area contributed by atoms with Gasteiger partial charge in [0.2, 0.25) is 0 Å². The highest BCUT2D eigenvalue weighted by Gasteiger charge is 2.05. The number of rotatable bonds is 8. The molecule has 96 valence electrons. The van der Waals surface area contributed by atoms with Crippen molar-refractivity contribution in [3.05, 3.63) is 35.4 Å². The summed E-state index contributed by atoms with van der Waals surface area (Å²) in [6, 6.07) is 8.92. The van der Waals surface area contributed by atoms with Crippen molar-refractivity contribution in [2.24, 2.45) is 5.73 Å². The average molecular weight is 251 g/mol. The van der Waals surface area contributed by atoms with E-state index < -0.39 is 0 Å². The van der Waals surface area contributed by atoms with Crippen molar-refractivity contribution in [3.63, 3.8) is 0 Å². The van der Waals surface area contributed by atoms with Crippen LogP contribution in [0, 0.1) is 0 Å². The van der Waals surface area contributed by atoms with E-state index in [-0.39, 0.29) is 6.04 Å². The molecule has 0 saturated heterocycles. The maximum atomic E-state index is 6.18. The highest BCUT2D eigenvalue weighted by Crippen LogP contribution is 2.18. The second-order valence-corrected chi connectivity index (χ2v) is 5.63. The van der Waals surface area contributed by atoms with E-state index in [4.69, 9.17) is 5.73 Å². The van der Waals surface area contributed by atoms with Gasteiger partial charge in [-0.05, 0) is 29.7 Å². The lowest BCUT2D eigenvalue weighted by Crippen LogP contribution is -2.13. The van der Waals surface area contributed by atoms with E-state index >= 15 is 0 Å². The first kappa shape index (κ1) is 14.6. The number of unbranched alkanes of at least 4 members (excludes halogenated alkanes) is 2. The van der Waals surface area contributed by atoms with E-state index in [1.807, 2.05) is 11.8 Å². The second-order valence-electron chi connectivity index (χ2n) is 4.48. The van der Waals surface area contributed by atoms with Crippen LogP contribution in [0.15, 0.2) is 24.3 Å². The van der Waals surface area contributed by atoms with Crippen LogP contribution in [0.25, 0.3) is 0 Å². The minimum atomic E-state index is 0.188. The molecule has 0 heterocycles. The Kier molecular flexibility index (Phi) is 7.38. The predicted molar refractivity (Wildman–Crippen MR) is 79.6 cm³/mol. The molecule has 1 aromatic carbocycles. The van der Waals surface area contributed by atoms with Gasteiger partial charge in [-0.3, -0.25) is 0 Å². The summed E-state index contributed by atoms with van der Waals surface area (Å²) in [6.07, 6.45) is 5.06. The summed E-state index contributed by atoms with van der Waals surface area (Å²) >= 11 is 1.98. The summed E-state index contributed by atoms with van der Waals surface area (Å²) in [5, 5.41) is 0. The summed E-state index contributed by atoms with van der Waals surface area (Å²) in [5.74, 6) is 2.28. The molecule has 0 spiro atoms. The van der Waals surface area contributed by atoms with Crippen LogP contribution in [-0.2, 0) is 6.42 Å². The van der Waals surface area contributed by atoms with Crippen LogP contribution in [0.5, 0.6) is 0 Å². The summed E-state index contributed by atoms with van der Waals surface area (Å²) in [6.45, 7) is 4.42. The average Bonchev–Trinajstić information content (AvgIpc) is 2.38. The molecule has 1 aromatic rings. The zero-order chi connectivity index (χ0) is 12.5. The Hall–Kier alpha value is -0.470. The third-order valence-corrected chi connectivity index (χ3v) is 4.18. The lowest BCUT2D eigenvalue weighted by molar-refractivity contribution is 0.775. The van der Waals surface area contributed by atoms with Crippen LogP contribution < -0.4 is 5.73 Å². The third-order valence-electron chi connectivity index (χ3n) is 3.01. The fourth-order valence-electron chi connectivity index (χ4n) is 1.76. The molecule has 1 rings (SSSR count). The van der Waals surface area contributed by atoms with Gasteiger partial charge < -0.3 is 5.73 Å². The van der Waals surface area contributed by atoms with Crippen molar-refractivity contribution < 1.29 is 0 Å². The first-order chi connectivity index (χ1) is 8.27. The molecule has 0 radical (unpaired) electrons. The Balaban J connectivity index is 2.28. The Labute approximate surface area is 110 Å². The summed E-state index contributed by atoms with van der Waals surface area (Å²) < 4.78 is 0. The maximum Gasteiger partial charge on any atom is 0.0386 e. The fraction of sp³-hybridized carbons (Fsp3) is 0.600. The Morgan fingerprint density at radius 1 is 1.12 bits per heavy atom. The van der Waals surface area contributed by atoms with Gasteiger partial charge in [0.25, 0.3) is 0 Å². The number of hydrogen-bond donors (Lipinski definition) is 1. The molecule has 2 heteroatoms. The number of nitrogens with two attached hydrogens (primary N) is 1. The van der Waals surface area contributed by atoms with Gasteiger partial charge in [0.05, 0.1) is 0 Å². The molecule has 0 bridgehead atoms. The molecule has 0 aromatic heterocycles. The lowest BCUT2D eigenvalue weighted by atomic mass is 10.1. The molecule has 0 fully saturated rings. The largest absolute Gasteiger partial charge is 0.323 e. The van der Waals surface area contributed by atoms with Crippen LogP contribution in [0.2, 0.25) is 0 Å². The molecule has 0 saturated carbocycles. The Morgan fingerprint density at radius 2 is 1.82 bits per heavy atom. The summed E-state index contributed by atoms with van der Waals surface area (Å²) in [5.41, 5.74) is 8.83. The van der Waals surface area contributed by atoms with Crippen molar-refractivity contribution in [1.29, 1.82) is 0 Å². The number of aryl methyl sites for hydroxylation is 1. The number of benzene rings is 1. The molecule has 1 unspecified atom stereocenters. The van der Waals surface area contributed by atoms with Crippen molar-refractivity contribution in [2.45, 2.75) is 45.6 Å². The van der Waals surface area contributed by atoms with Gasteiger partial charge in [-0.25, -0.2) is 0 Å². The second kappa shape index (κ2) is 8.60. The normalized spacial score (nSPS) is 12.6. The van der Waals surface area contributed by atoms with E-state index in [0.717, 1.165) is 12.2 Å². The lowest BCUT2D eigenvalue weighted by Gasteiger charge is -2.12. The molecule has 2 N–H and O–H groups in total. The topological polar surface area (TPSA) is 26.0 Å². The zero-order valence-electron chi connectivity index (χ0n) is 11.1. The molecule has 0 aliphatic rings. The van der Waals surface area contributed by atoms with Gasteiger partial charge in [0.1, 0.15) is 0 Å². The predicted octanol–water partition coefficient (Wildman–Crippen LogP) is 4.17. The minimum absolute atomic E-state index is 0.188. The molecule has 1 atom stereocenters. The van der Waals surface area contributed by atoms with E-state index in [1.165, 1.54) is 36.1 Å². The van der Waals surface area contributed by atoms with Crippen molar-refractivity contribution in [3.8, 4) is 0 Å².